The van der Waals surface area contributed by atoms with E-state index in [1.807, 2.05) is 32.0 Å². The monoisotopic (exact) mass is 340 g/mol. The van der Waals surface area contributed by atoms with Crippen molar-refractivity contribution in [3.8, 4) is 5.69 Å². The van der Waals surface area contributed by atoms with Gasteiger partial charge >= 0.3 is 0 Å². The summed E-state index contributed by atoms with van der Waals surface area (Å²) in [7, 11) is 0. The van der Waals surface area contributed by atoms with Crippen molar-refractivity contribution in [2.24, 2.45) is 5.41 Å². The van der Waals surface area contributed by atoms with E-state index in [-0.39, 0.29) is 17.4 Å². The molecule has 0 aliphatic heterocycles. The lowest BCUT2D eigenvalue weighted by molar-refractivity contribution is -0.169. The lowest BCUT2D eigenvalue weighted by atomic mass is 9.51. The maximum Gasteiger partial charge on any atom is 0.251 e. The highest BCUT2D eigenvalue weighted by Crippen LogP contribution is 2.57. The molecule has 4 rings (SSSR count). The van der Waals surface area contributed by atoms with Crippen molar-refractivity contribution >= 4 is 5.91 Å². The number of amides is 1. The third kappa shape index (κ3) is 2.65. The van der Waals surface area contributed by atoms with Gasteiger partial charge in [0.2, 0.25) is 0 Å². The summed E-state index contributed by atoms with van der Waals surface area (Å²) in [5, 5.41) is 7.38. The van der Waals surface area contributed by atoms with Crippen molar-refractivity contribution in [3.63, 3.8) is 0 Å². The van der Waals surface area contributed by atoms with Crippen molar-refractivity contribution in [2.75, 3.05) is 6.61 Å². The van der Waals surface area contributed by atoms with E-state index in [0.29, 0.717) is 6.10 Å². The minimum absolute atomic E-state index is 0.00821. The highest BCUT2D eigenvalue weighted by atomic mass is 16.5. The Bertz CT molecular complexity index is 768. The molecular weight excluding hydrogens is 316 g/mol. The van der Waals surface area contributed by atoms with E-state index < -0.39 is 0 Å². The topological polar surface area (TPSA) is 69.0 Å². The molecule has 1 amide bonds. The van der Waals surface area contributed by atoms with E-state index in [0.717, 1.165) is 42.7 Å². The summed E-state index contributed by atoms with van der Waals surface area (Å²) >= 11 is 0. The molecule has 1 aromatic heterocycles. The average Bonchev–Trinajstić information content (AvgIpc) is 3.06. The van der Waals surface area contributed by atoms with E-state index in [1.165, 1.54) is 12.7 Å². The van der Waals surface area contributed by atoms with Crippen molar-refractivity contribution in [2.45, 2.75) is 51.7 Å². The first-order valence-corrected chi connectivity index (χ1v) is 9.02. The summed E-state index contributed by atoms with van der Waals surface area (Å²) < 4.78 is 7.56. The Morgan fingerprint density at radius 2 is 2.28 bits per heavy atom. The lowest BCUT2D eigenvalue weighted by Crippen LogP contribution is -2.67. The first-order chi connectivity index (χ1) is 12.1. The second-order valence-electron chi connectivity index (χ2n) is 7.13. The zero-order chi connectivity index (χ0) is 17.4. The minimum atomic E-state index is 0.00821. The number of rotatable bonds is 5. The Balaban J connectivity index is 1.47. The lowest BCUT2D eigenvalue weighted by Gasteiger charge is -2.61. The van der Waals surface area contributed by atoms with Crippen LogP contribution >= 0.6 is 0 Å². The zero-order valence-electron chi connectivity index (χ0n) is 14.7. The van der Waals surface area contributed by atoms with E-state index in [1.54, 1.807) is 11.0 Å². The van der Waals surface area contributed by atoms with Gasteiger partial charge in [-0.05, 0) is 56.9 Å². The normalized spacial score (nSPS) is 23.8. The van der Waals surface area contributed by atoms with Gasteiger partial charge < -0.3 is 10.1 Å². The maximum atomic E-state index is 12.8. The standard InChI is InChI=1S/C19H24N4O2/c1-3-25-17-10-16(19(17)7-4-8-19)22-18(24)15-6-5-14(9-13(15)2)23-12-20-11-21-23/h5-6,9,11-12,16-17H,3-4,7-8,10H2,1-2H3,(H,22,24)/t16-,17-/m1/s1. The molecular formula is C19H24N4O2. The SMILES string of the molecule is CCO[C@@H]1C[C@@H](NC(=O)c2ccc(-n3cncn3)cc2C)C12CCC2. The van der Waals surface area contributed by atoms with Crippen LogP contribution in [0.5, 0.6) is 0 Å². The predicted molar refractivity (Wildman–Crippen MR) is 93.7 cm³/mol. The van der Waals surface area contributed by atoms with E-state index in [9.17, 15) is 4.79 Å². The molecule has 6 nitrogen and oxygen atoms in total. The van der Waals surface area contributed by atoms with Crippen molar-refractivity contribution in [1.29, 1.82) is 0 Å². The molecule has 1 N–H and O–H groups in total. The summed E-state index contributed by atoms with van der Waals surface area (Å²) in [5.41, 5.74) is 2.74. The fraction of sp³-hybridized carbons (Fsp3) is 0.526. The molecule has 25 heavy (non-hydrogen) atoms. The molecule has 1 spiro atoms. The fourth-order valence-electron chi connectivity index (χ4n) is 4.26. The number of aryl methyl sites for hydroxylation is 1. The third-order valence-electron chi connectivity index (χ3n) is 5.88. The Kier molecular flexibility index (Phi) is 4.07. The van der Waals surface area contributed by atoms with Crippen LogP contribution < -0.4 is 5.32 Å². The summed E-state index contributed by atoms with van der Waals surface area (Å²) in [4.78, 5) is 16.7. The maximum absolute atomic E-state index is 12.8. The molecule has 2 atom stereocenters. The van der Waals surface area contributed by atoms with Crippen molar-refractivity contribution in [3.05, 3.63) is 42.0 Å². The molecule has 2 aliphatic carbocycles. The molecule has 0 unspecified atom stereocenters. The Hall–Kier alpha value is -2.21. The quantitative estimate of drug-likeness (QED) is 0.908. The number of carbonyl (C=O) groups is 1. The molecule has 2 saturated carbocycles. The fourth-order valence-corrected chi connectivity index (χ4v) is 4.26. The number of aromatic nitrogens is 3. The molecule has 2 fully saturated rings. The third-order valence-corrected chi connectivity index (χ3v) is 5.88. The molecule has 2 aromatic rings. The van der Waals surface area contributed by atoms with Crippen molar-refractivity contribution in [1.82, 2.24) is 20.1 Å². The molecule has 0 bridgehead atoms. The van der Waals surface area contributed by atoms with Gasteiger partial charge in [0.1, 0.15) is 12.7 Å². The molecule has 1 heterocycles. The zero-order valence-corrected chi connectivity index (χ0v) is 14.7. The van der Waals surface area contributed by atoms with E-state index in [2.05, 4.69) is 15.4 Å². The summed E-state index contributed by atoms with van der Waals surface area (Å²) in [5.74, 6) is 0.00821. The Morgan fingerprint density at radius 1 is 1.44 bits per heavy atom. The van der Waals surface area contributed by atoms with Gasteiger partial charge in [-0.1, -0.05) is 6.42 Å². The van der Waals surface area contributed by atoms with E-state index in [4.69, 9.17) is 4.74 Å². The van der Waals surface area contributed by atoms with Crippen LogP contribution in [0.1, 0.15) is 48.5 Å². The van der Waals surface area contributed by atoms with Crippen LogP contribution in [-0.2, 0) is 4.74 Å². The van der Waals surface area contributed by atoms with Crippen molar-refractivity contribution < 1.29 is 9.53 Å². The number of benzene rings is 1. The first-order valence-electron chi connectivity index (χ1n) is 9.02. The van der Waals surface area contributed by atoms with Crippen LogP contribution in [0.4, 0.5) is 0 Å². The Morgan fingerprint density at radius 3 is 2.88 bits per heavy atom. The van der Waals surface area contributed by atoms with E-state index >= 15 is 0 Å². The smallest absolute Gasteiger partial charge is 0.251 e. The van der Waals surface area contributed by atoms with Gasteiger partial charge in [0.25, 0.3) is 5.91 Å². The van der Waals surface area contributed by atoms with Gasteiger partial charge in [0.05, 0.1) is 11.8 Å². The minimum Gasteiger partial charge on any atom is -0.378 e. The molecule has 2 aliphatic rings. The van der Waals surface area contributed by atoms with Crippen LogP contribution in [0.3, 0.4) is 0 Å². The number of carbonyl (C=O) groups excluding carboxylic acids is 1. The van der Waals surface area contributed by atoms with Gasteiger partial charge in [-0.25, -0.2) is 9.67 Å². The highest BCUT2D eigenvalue weighted by molar-refractivity contribution is 5.96. The number of hydrogen-bond acceptors (Lipinski definition) is 4. The molecule has 0 saturated heterocycles. The summed E-state index contributed by atoms with van der Waals surface area (Å²) in [6.45, 7) is 4.74. The molecule has 6 heteroatoms. The molecule has 1 aromatic carbocycles. The van der Waals surface area contributed by atoms with Gasteiger partial charge in [-0.2, -0.15) is 5.10 Å². The molecule has 0 radical (unpaired) electrons. The van der Waals surface area contributed by atoms with Gasteiger partial charge in [0, 0.05) is 23.6 Å². The van der Waals surface area contributed by atoms with Gasteiger partial charge in [-0.3, -0.25) is 4.79 Å². The van der Waals surface area contributed by atoms with Crippen LogP contribution in [-0.4, -0.2) is 39.4 Å². The number of nitrogens with one attached hydrogen (secondary N) is 1. The largest absolute Gasteiger partial charge is 0.378 e. The number of hydrogen-bond donors (Lipinski definition) is 1. The van der Waals surface area contributed by atoms with Crippen LogP contribution in [0.2, 0.25) is 0 Å². The second kappa shape index (κ2) is 6.26. The first kappa shape index (κ1) is 16.3. The Labute approximate surface area is 147 Å². The van der Waals surface area contributed by atoms with Gasteiger partial charge in [-0.15, -0.1) is 0 Å². The second-order valence-corrected chi connectivity index (χ2v) is 7.13. The molecule has 132 valence electrons. The average molecular weight is 340 g/mol. The number of ether oxygens (including phenoxy) is 1. The predicted octanol–water partition coefficient (Wildman–Crippen LogP) is 2.65. The van der Waals surface area contributed by atoms with Crippen LogP contribution in [0.25, 0.3) is 5.69 Å². The highest BCUT2D eigenvalue weighted by Gasteiger charge is 2.59. The van der Waals surface area contributed by atoms with Gasteiger partial charge in [0.15, 0.2) is 0 Å². The van der Waals surface area contributed by atoms with Crippen LogP contribution in [0.15, 0.2) is 30.9 Å². The summed E-state index contributed by atoms with van der Waals surface area (Å²) in [6, 6.07) is 5.97. The number of nitrogens with zero attached hydrogens (tertiary/aromatic N) is 3. The van der Waals surface area contributed by atoms with Crippen LogP contribution in [0, 0.1) is 12.3 Å². The summed E-state index contributed by atoms with van der Waals surface area (Å²) in [6.07, 6.45) is 7.94.